The minimum absolute atomic E-state index is 0.144. The van der Waals surface area contributed by atoms with Crippen molar-refractivity contribution < 1.29 is 17.6 Å². The molecule has 0 radical (unpaired) electrons. The van der Waals surface area contributed by atoms with E-state index in [0.29, 0.717) is 5.69 Å². The van der Waals surface area contributed by atoms with Crippen molar-refractivity contribution in [3.05, 3.63) is 59.9 Å². The second-order valence-corrected chi connectivity index (χ2v) is 5.57. The number of nitrogens with one attached hydrogen (secondary N) is 1. The summed E-state index contributed by atoms with van der Waals surface area (Å²) in [6.07, 6.45) is -5.71. The van der Waals surface area contributed by atoms with Crippen molar-refractivity contribution in [2.75, 3.05) is 10.3 Å². The minimum atomic E-state index is -4.52. The van der Waals surface area contributed by atoms with Gasteiger partial charge in [0.05, 0.1) is 11.4 Å². The third-order valence-electron chi connectivity index (χ3n) is 3.71. The van der Waals surface area contributed by atoms with Gasteiger partial charge in [-0.2, -0.15) is 18.3 Å². The van der Waals surface area contributed by atoms with E-state index in [1.54, 1.807) is 43.3 Å². The van der Waals surface area contributed by atoms with Crippen LogP contribution in [0.5, 0.6) is 0 Å². The van der Waals surface area contributed by atoms with Gasteiger partial charge in [0, 0.05) is 6.42 Å². The highest BCUT2D eigenvalue weighted by atomic mass is 19.4. The highest BCUT2D eigenvalue weighted by Gasteiger charge is 2.43. The Bertz CT molecular complexity index is 756. The molecule has 2 aromatic rings. The Morgan fingerprint density at radius 3 is 2.46 bits per heavy atom. The van der Waals surface area contributed by atoms with Crippen molar-refractivity contribution in [1.29, 1.82) is 0 Å². The maximum absolute atomic E-state index is 14.0. The normalized spacial score (nSPS) is 17.8. The Morgan fingerprint density at radius 1 is 1.12 bits per heavy atom. The van der Waals surface area contributed by atoms with Gasteiger partial charge in [-0.1, -0.05) is 24.3 Å². The molecule has 0 saturated heterocycles. The maximum Gasteiger partial charge on any atom is 0.431 e. The van der Waals surface area contributed by atoms with Crippen LogP contribution in [-0.2, 0) is 0 Å². The van der Waals surface area contributed by atoms with Gasteiger partial charge in [0.1, 0.15) is 17.7 Å². The van der Waals surface area contributed by atoms with Crippen LogP contribution in [0.1, 0.15) is 12.0 Å². The second kappa shape index (κ2) is 6.14. The van der Waals surface area contributed by atoms with Gasteiger partial charge in [-0.3, -0.25) is 0 Å². The Hall–Kier alpha value is -2.57. The lowest BCUT2D eigenvalue weighted by Crippen LogP contribution is -2.34. The molecule has 0 spiro atoms. The number of alkyl halides is 3. The van der Waals surface area contributed by atoms with Crippen LogP contribution in [0, 0.1) is 12.7 Å². The molecule has 0 amide bonds. The molecule has 0 aliphatic carbocycles. The highest BCUT2D eigenvalue weighted by Crippen LogP contribution is 2.32. The van der Waals surface area contributed by atoms with Gasteiger partial charge in [0.2, 0.25) is 0 Å². The van der Waals surface area contributed by atoms with Crippen LogP contribution in [0.3, 0.4) is 0 Å². The molecule has 1 N–H and O–H groups in total. The molecule has 0 aromatic heterocycles. The largest absolute Gasteiger partial charge is 0.431 e. The first kappa shape index (κ1) is 16.3. The zero-order chi connectivity index (χ0) is 17.3. The smallest absolute Gasteiger partial charge is 0.361 e. The minimum Gasteiger partial charge on any atom is -0.361 e. The summed E-state index contributed by atoms with van der Waals surface area (Å²) >= 11 is 0. The first-order chi connectivity index (χ1) is 11.3. The summed E-state index contributed by atoms with van der Waals surface area (Å²) in [5.41, 5.74) is 0.486. The summed E-state index contributed by atoms with van der Waals surface area (Å²) in [6, 6.07) is 13.0. The predicted molar refractivity (Wildman–Crippen MR) is 85.6 cm³/mol. The van der Waals surface area contributed by atoms with Crippen LogP contribution in [0.2, 0.25) is 0 Å². The zero-order valence-electron chi connectivity index (χ0n) is 12.8. The van der Waals surface area contributed by atoms with E-state index < -0.39 is 23.9 Å². The van der Waals surface area contributed by atoms with Gasteiger partial charge in [0.15, 0.2) is 0 Å². The van der Waals surface area contributed by atoms with Crippen molar-refractivity contribution in [3.63, 3.8) is 0 Å². The Morgan fingerprint density at radius 2 is 1.83 bits per heavy atom. The van der Waals surface area contributed by atoms with E-state index in [4.69, 9.17) is 0 Å². The standard InChI is InChI=1S/C17H15F4N3/c1-11-7-8-14(13(18)9-11)22-16-10-15(17(19,20)21)23-24(16)12-5-3-2-4-6-12/h2-9,16,22H,10H2,1H3. The first-order valence-corrected chi connectivity index (χ1v) is 7.36. The summed E-state index contributed by atoms with van der Waals surface area (Å²) in [7, 11) is 0. The molecule has 2 aromatic carbocycles. The highest BCUT2D eigenvalue weighted by molar-refractivity contribution is 5.93. The fourth-order valence-electron chi connectivity index (χ4n) is 2.53. The predicted octanol–water partition coefficient (Wildman–Crippen LogP) is 4.70. The van der Waals surface area contributed by atoms with E-state index in [0.717, 1.165) is 5.56 Å². The molecule has 1 aliphatic rings. The molecule has 7 heteroatoms. The number of hydrogen-bond donors (Lipinski definition) is 1. The summed E-state index contributed by atoms with van der Waals surface area (Å²) < 4.78 is 53.1. The molecule has 24 heavy (non-hydrogen) atoms. The molecule has 3 nitrogen and oxygen atoms in total. The molecular weight excluding hydrogens is 322 g/mol. The van der Waals surface area contributed by atoms with E-state index in [1.807, 2.05) is 0 Å². The molecule has 1 aliphatic heterocycles. The summed E-state index contributed by atoms with van der Waals surface area (Å²) in [4.78, 5) is 0. The number of hydrogen-bond acceptors (Lipinski definition) is 3. The lowest BCUT2D eigenvalue weighted by Gasteiger charge is -2.25. The second-order valence-electron chi connectivity index (χ2n) is 5.57. The molecule has 1 atom stereocenters. The number of anilines is 2. The SMILES string of the molecule is Cc1ccc(NC2CC(C(F)(F)F)=NN2c2ccccc2)c(F)c1. The van der Waals surface area contributed by atoms with E-state index in [9.17, 15) is 17.6 Å². The van der Waals surface area contributed by atoms with Crippen LogP contribution in [0.15, 0.2) is 53.6 Å². The summed E-state index contributed by atoms with van der Waals surface area (Å²) in [5.74, 6) is -0.511. The molecule has 0 fully saturated rings. The summed E-state index contributed by atoms with van der Waals surface area (Å²) in [6.45, 7) is 1.74. The number of nitrogens with zero attached hydrogens (tertiary/aromatic N) is 2. The van der Waals surface area contributed by atoms with Crippen molar-refractivity contribution >= 4 is 17.1 Å². The zero-order valence-corrected chi connectivity index (χ0v) is 12.8. The van der Waals surface area contributed by atoms with Crippen molar-refractivity contribution in [2.45, 2.75) is 25.7 Å². The molecule has 0 saturated carbocycles. The molecule has 1 heterocycles. The quantitative estimate of drug-likeness (QED) is 0.822. The Kier molecular flexibility index (Phi) is 4.17. The third kappa shape index (κ3) is 3.34. The van der Waals surface area contributed by atoms with Gasteiger partial charge in [-0.05, 0) is 36.8 Å². The lowest BCUT2D eigenvalue weighted by molar-refractivity contribution is -0.0599. The molecule has 3 rings (SSSR count). The molecule has 126 valence electrons. The van der Waals surface area contributed by atoms with Crippen molar-refractivity contribution in [2.24, 2.45) is 5.10 Å². The number of hydrazone groups is 1. The van der Waals surface area contributed by atoms with Gasteiger partial charge < -0.3 is 5.32 Å². The van der Waals surface area contributed by atoms with E-state index in [1.165, 1.54) is 17.1 Å². The van der Waals surface area contributed by atoms with E-state index in [-0.39, 0.29) is 12.1 Å². The number of para-hydroxylation sites is 1. The van der Waals surface area contributed by atoms with Crippen LogP contribution in [0.4, 0.5) is 28.9 Å². The number of rotatable bonds is 3. The fourth-order valence-corrected chi connectivity index (χ4v) is 2.53. The topological polar surface area (TPSA) is 27.6 Å². The lowest BCUT2D eigenvalue weighted by atomic mass is 10.2. The van der Waals surface area contributed by atoms with Crippen molar-refractivity contribution in [1.82, 2.24) is 0 Å². The first-order valence-electron chi connectivity index (χ1n) is 7.36. The number of aryl methyl sites for hydroxylation is 1. The Labute approximate surface area is 136 Å². The Balaban J connectivity index is 1.91. The number of benzene rings is 2. The van der Waals surface area contributed by atoms with Crippen LogP contribution >= 0.6 is 0 Å². The van der Waals surface area contributed by atoms with Gasteiger partial charge in [-0.15, -0.1) is 0 Å². The van der Waals surface area contributed by atoms with Crippen molar-refractivity contribution in [3.8, 4) is 0 Å². The van der Waals surface area contributed by atoms with Crippen LogP contribution in [-0.4, -0.2) is 18.1 Å². The molecule has 0 bridgehead atoms. The van der Waals surface area contributed by atoms with Gasteiger partial charge in [0.25, 0.3) is 0 Å². The summed E-state index contributed by atoms with van der Waals surface area (Å²) in [5, 5.41) is 7.76. The monoisotopic (exact) mass is 337 g/mol. The van der Waals surface area contributed by atoms with E-state index >= 15 is 0 Å². The third-order valence-corrected chi connectivity index (χ3v) is 3.71. The van der Waals surface area contributed by atoms with Gasteiger partial charge in [-0.25, -0.2) is 9.40 Å². The molecular formula is C17H15F4N3. The van der Waals surface area contributed by atoms with Crippen LogP contribution < -0.4 is 10.3 Å². The number of halogens is 4. The average Bonchev–Trinajstić information content (AvgIpc) is 2.95. The fraction of sp³-hybridized carbons (Fsp3) is 0.235. The van der Waals surface area contributed by atoms with E-state index in [2.05, 4.69) is 10.4 Å². The molecule has 1 unspecified atom stereocenters. The maximum atomic E-state index is 14.0. The van der Waals surface area contributed by atoms with Crippen LogP contribution in [0.25, 0.3) is 0 Å². The van der Waals surface area contributed by atoms with Gasteiger partial charge >= 0.3 is 6.18 Å². The average molecular weight is 337 g/mol.